The number of benzene rings is 1. The third-order valence-corrected chi connectivity index (χ3v) is 4.78. The maximum absolute atomic E-state index is 12.3. The molecule has 3 atom stereocenters. The topological polar surface area (TPSA) is 41.1 Å². The SMILES string of the molecule is CC(C)C(NC(=O)CNC1CCCCC1C)c1ccccc1. The summed E-state index contributed by atoms with van der Waals surface area (Å²) in [6.07, 6.45) is 5.08. The fourth-order valence-corrected chi connectivity index (χ4v) is 3.36. The Bertz CT molecular complexity index is 458. The first kappa shape index (κ1) is 17.0. The fraction of sp³-hybridized carbons (Fsp3) is 0.632. The first-order valence-electron chi connectivity index (χ1n) is 8.65. The maximum Gasteiger partial charge on any atom is 0.234 e. The molecule has 2 rings (SSSR count). The Morgan fingerprint density at radius 1 is 1.18 bits per heavy atom. The molecule has 3 unspecified atom stereocenters. The van der Waals surface area contributed by atoms with Gasteiger partial charge in [-0.25, -0.2) is 0 Å². The first-order valence-corrected chi connectivity index (χ1v) is 8.65. The van der Waals surface area contributed by atoms with Crippen LogP contribution in [0.15, 0.2) is 30.3 Å². The lowest BCUT2D eigenvalue weighted by Crippen LogP contribution is -2.44. The zero-order valence-corrected chi connectivity index (χ0v) is 14.1. The van der Waals surface area contributed by atoms with Crippen LogP contribution >= 0.6 is 0 Å². The maximum atomic E-state index is 12.3. The minimum atomic E-state index is 0.0827. The van der Waals surface area contributed by atoms with Crippen molar-refractivity contribution in [3.8, 4) is 0 Å². The van der Waals surface area contributed by atoms with Crippen LogP contribution in [0.4, 0.5) is 0 Å². The molecule has 122 valence electrons. The van der Waals surface area contributed by atoms with E-state index >= 15 is 0 Å². The molecule has 3 nitrogen and oxygen atoms in total. The highest BCUT2D eigenvalue weighted by molar-refractivity contribution is 5.78. The molecule has 1 saturated carbocycles. The van der Waals surface area contributed by atoms with Crippen LogP contribution < -0.4 is 10.6 Å². The highest BCUT2D eigenvalue weighted by atomic mass is 16.2. The smallest absolute Gasteiger partial charge is 0.234 e. The summed E-state index contributed by atoms with van der Waals surface area (Å²) in [4.78, 5) is 12.3. The van der Waals surface area contributed by atoms with Gasteiger partial charge < -0.3 is 10.6 Å². The molecular weight excluding hydrogens is 272 g/mol. The molecule has 1 fully saturated rings. The van der Waals surface area contributed by atoms with Gasteiger partial charge in [0.25, 0.3) is 0 Å². The van der Waals surface area contributed by atoms with E-state index in [1.165, 1.54) is 31.2 Å². The van der Waals surface area contributed by atoms with Gasteiger partial charge in [0.15, 0.2) is 0 Å². The van der Waals surface area contributed by atoms with Crippen molar-refractivity contribution >= 4 is 5.91 Å². The molecule has 2 N–H and O–H groups in total. The molecule has 0 saturated heterocycles. The average molecular weight is 302 g/mol. The van der Waals surface area contributed by atoms with Gasteiger partial charge in [-0.1, -0.05) is 63.9 Å². The van der Waals surface area contributed by atoms with Crippen molar-refractivity contribution in [1.29, 1.82) is 0 Å². The van der Waals surface area contributed by atoms with Crippen molar-refractivity contribution in [2.45, 2.75) is 58.5 Å². The number of amides is 1. The van der Waals surface area contributed by atoms with E-state index in [1.807, 2.05) is 18.2 Å². The van der Waals surface area contributed by atoms with Crippen molar-refractivity contribution < 1.29 is 4.79 Å². The van der Waals surface area contributed by atoms with Gasteiger partial charge in [-0.15, -0.1) is 0 Å². The van der Waals surface area contributed by atoms with E-state index in [4.69, 9.17) is 0 Å². The molecule has 3 heteroatoms. The van der Waals surface area contributed by atoms with Crippen LogP contribution in [-0.4, -0.2) is 18.5 Å². The molecule has 1 aliphatic carbocycles. The minimum Gasteiger partial charge on any atom is -0.348 e. The van der Waals surface area contributed by atoms with Gasteiger partial charge in [0.2, 0.25) is 5.91 Å². The van der Waals surface area contributed by atoms with E-state index in [1.54, 1.807) is 0 Å². The molecule has 0 radical (unpaired) electrons. The van der Waals surface area contributed by atoms with E-state index in [-0.39, 0.29) is 11.9 Å². The molecule has 0 spiro atoms. The second-order valence-corrected chi connectivity index (χ2v) is 6.95. The Labute approximate surface area is 134 Å². The summed E-state index contributed by atoms with van der Waals surface area (Å²) in [5, 5.41) is 6.64. The van der Waals surface area contributed by atoms with Crippen molar-refractivity contribution in [2.75, 3.05) is 6.54 Å². The number of carbonyl (C=O) groups is 1. The van der Waals surface area contributed by atoms with Gasteiger partial charge in [0, 0.05) is 6.04 Å². The Balaban J connectivity index is 1.86. The highest BCUT2D eigenvalue weighted by Gasteiger charge is 2.22. The Morgan fingerprint density at radius 2 is 1.86 bits per heavy atom. The number of hydrogen-bond acceptors (Lipinski definition) is 2. The molecular formula is C19H30N2O. The molecule has 1 aromatic carbocycles. The third-order valence-electron chi connectivity index (χ3n) is 4.78. The van der Waals surface area contributed by atoms with Gasteiger partial charge in [-0.3, -0.25) is 4.79 Å². The van der Waals surface area contributed by atoms with Crippen LogP contribution in [0.5, 0.6) is 0 Å². The second-order valence-electron chi connectivity index (χ2n) is 6.95. The molecule has 1 aromatic rings. The van der Waals surface area contributed by atoms with Gasteiger partial charge in [0.1, 0.15) is 0 Å². The summed E-state index contributed by atoms with van der Waals surface area (Å²) in [5.74, 6) is 1.15. The van der Waals surface area contributed by atoms with Crippen LogP contribution in [0.1, 0.15) is 58.1 Å². The van der Waals surface area contributed by atoms with Crippen molar-refractivity contribution in [3.05, 3.63) is 35.9 Å². The lowest BCUT2D eigenvalue weighted by molar-refractivity contribution is -0.121. The van der Waals surface area contributed by atoms with Crippen molar-refractivity contribution in [1.82, 2.24) is 10.6 Å². The second kappa shape index (κ2) is 8.33. The summed E-state index contributed by atoms with van der Waals surface area (Å²) in [6.45, 7) is 7.00. The summed E-state index contributed by atoms with van der Waals surface area (Å²) in [5.41, 5.74) is 1.18. The number of carbonyl (C=O) groups excluding carboxylic acids is 1. The molecule has 0 aromatic heterocycles. The normalized spacial score (nSPS) is 23.3. The lowest BCUT2D eigenvalue weighted by atomic mass is 9.86. The van der Waals surface area contributed by atoms with Gasteiger partial charge in [0.05, 0.1) is 12.6 Å². The van der Waals surface area contributed by atoms with E-state index < -0.39 is 0 Å². The van der Waals surface area contributed by atoms with E-state index in [2.05, 4.69) is 43.5 Å². The summed E-state index contributed by atoms with van der Waals surface area (Å²) in [7, 11) is 0. The molecule has 1 aliphatic rings. The van der Waals surface area contributed by atoms with Gasteiger partial charge in [-0.2, -0.15) is 0 Å². The standard InChI is InChI=1S/C19H30N2O/c1-14(2)19(16-10-5-4-6-11-16)21-18(22)13-20-17-12-8-7-9-15(17)3/h4-6,10-11,14-15,17,19-20H,7-9,12-13H2,1-3H3,(H,21,22). The summed E-state index contributed by atoms with van der Waals surface area (Å²) < 4.78 is 0. The van der Waals surface area contributed by atoms with E-state index in [0.717, 1.165) is 0 Å². The van der Waals surface area contributed by atoms with E-state index in [0.29, 0.717) is 24.4 Å². The van der Waals surface area contributed by atoms with Crippen molar-refractivity contribution in [3.63, 3.8) is 0 Å². The molecule has 0 aliphatic heterocycles. The van der Waals surface area contributed by atoms with Gasteiger partial charge >= 0.3 is 0 Å². The minimum absolute atomic E-state index is 0.0827. The van der Waals surface area contributed by atoms with Crippen LogP contribution in [0.3, 0.4) is 0 Å². The van der Waals surface area contributed by atoms with Crippen LogP contribution in [0.25, 0.3) is 0 Å². The predicted molar refractivity (Wildman–Crippen MR) is 91.6 cm³/mol. The quantitative estimate of drug-likeness (QED) is 0.842. The molecule has 0 bridgehead atoms. The number of rotatable bonds is 6. The highest BCUT2D eigenvalue weighted by Crippen LogP contribution is 2.24. The summed E-state index contributed by atoms with van der Waals surface area (Å²) in [6, 6.07) is 10.8. The Kier molecular flexibility index (Phi) is 6.44. The van der Waals surface area contributed by atoms with Crippen LogP contribution in [0.2, 0.25) is 0 Å². The van der Waals surface area contributed by atoms with Crippen LogP contribution in [0, 0.1) is 11.8 Å². The Hall–Kier alpha value is -1.35. The fourth-order valence-electron chi connectivity index (χ4n) is 3.36. The Morgan fingerprint density at radius 3 is 2.50 bits per heavy atom. The lowest BCUT2D eigenvalue weighted by Gasteiger charge is -2.30. The number of hydrogen-bond donors (Lipinski definition) is 2. The predicted octanol–water partition coefficient (Wildman–Crippen LogP) is 3.67. The zero-order valence-electron chi connectivity index (χ0n) is 14.1. The van der Waals surface area contributed by atoms with Crippen LogP contribution in [-0.2, 0) is 4.79 Å². The monoisotopic (exact) mass is 302 g/mol. The number of nitrogens with one attached hydrogen (secondary N) is 2. The average Bonchev–Trinajstić information content (AvgIpc) is 2.52. The largest absolute Gasteiger partial charge is 0.348 e. The van der Waals surface area contributed by atoms with Gasteiger partial charge in [-0.05, 0) is 30.2 Å². The summed E-state index contributed by atoms with van der Waals surface area (Å²) >= 11 is 0. The molecule has 1 amide bonds. The van der Waals surface area contributed by atoms with E-state index in [9.17, 15) is 4.79 Å². The van der Waals surface area contributed by atoms with Crippen molar-refractivity contribution in [2.24, 2.45) is 11.8 Å². The third kappa shape index (κ3) is 4.84. The zero-order chi connectivity index (χ0) is 15.9. The first-order chi connectivity index (χ1) is 10.6. The molecule has 22 heavy (non-hydrogen) atoms. The molecule has 0 heterocycles.